The normalized spacial score (nSPS) is 14.2. The van der Waals surface area contributed by atoms with Crippen molar-refractivity contribution in [2.45, 2.75) is 19.4 Å². The van der Waals surface area contributed by atoms with Gasteiger partial charge in [0.15, 0.2) is 5.76 Å². The molecule has 2 aromatic heterocycles. The van der Waals surface area contributed by atoms with Gasteiger partial charge in [0.1, 0.15) is 6.26 Å². The lowest BCUT2D eigenvalue weighted by Gasteiger charge is -2.30. The molecule has 1 aliphatic rings. The minimum Gasteiger partial charge on any atom is -0.459 e. The zero-order chi connectivity index (χ0) is 14.1. The highest BCUT2D eigenvalue weighted by atomic mass is 16.4. The molecule has 3 heterocycles. The number of aromatic nitrogens is 1. The smallest absolute Gasteiger partial charge is 0.263 e. The molecule has 0 saturated carbocycles. The largest absolute Gasteiger partial charge is 0.459 e. The maximum Gasteiger partial charge on any atom is 0.263 e. The van der Waals surface area contributed by atoms with Crippen LogP contribution >= 0.6 is 0 Å². The number of furan rings is 1. The summed E-state index contributed by atoms with van der Waals surface area (Å²) < 4.78 is 10.8. The van der Waals surface area contributed by atoms with Crippen LogP contribution in [0, 0.1) is 0 Å². The summed E-state index contributed by atoms with van der Waals surface area (Å²) in [6.45, 7) is 1.82. The van der Waals surface area contributed by atoms with E-state index in [1.54, 1.807) is 12.5 Å². The Bertz CT molecular complexity index is 731. The van der Waals surface area contributed by atoms with Crippen LogP contribution in [0.1, 0.15) is 17.7 Å². The maximum absolute atomic E-state index is 5.51. The zero-order valence-corrected chi connectivity index (χ0v) is 11.7. The van der Waals surface area contributed by atoms with E-state index in [0.29, 0.717) is 11.7 Å². The molecule has 0 amide bonds. The number of para-hydroxylation sites is 1. The standard InChI is InChI=1S/C17H16N2O2/c1-2-7-15-13(5-1)6-3-9-19(15)11-14-12-21-17(18-14)16-8-4-10-20-16/h1-2,4-5,7-8,10,12H,3,6,9,11H2. The Labute approximate surface area is 123 Å². The van der Waals surface area contributed by atoms with E-state index in [0.717, 1.165) is 25.2 Å². The number of oxazole rings is 1. The van der Waals surface area contributed by atoms with E-state index in [9.17, 15) is 0 Å². The summed E-state index contributed by atoms with van der Waals surface area (Å²) in [5.74, 6) is 1.21. The topological polar surface area (TPSA) is 42.4 Å². The fourth-order valence-corrected chi connectivity index (χ4v) is 2.86. The Morgan fingerprint density at radius 1 is 1.10 bits per heavy atom. The summed E-state index contributed by atoms with van der Waals surface area (Å²) in [5.41, 5.74) is 3.66. The number of rotatable bonds is 3. The molecule has 0 atom stereocenters. The predicted molar refractivity (Wildman–Crippen MR) is 80.0 cm³/mol. The lowest BCUT2D eigenvalue weighted by atomic mass is 10.0. The monoisotopic (exact) mass is 280 g/mol. The summed E-state index contributed by atoms with van der Waals surface area (Å²) in [6, 6.07) is 12.3. The Hall–Kier alpha value is -2.49. The van der Waals surface area contributed by atoms with Gasteiger partial charge in [0.2, 0.25) is 0 Å². The van der Waals surface area contributed by atoms with E-state index >= 15 is 0 Å². The average Bonchev–Trinajstić information content (AvgIpc) is 3.18. The first-order chi connectivity index (χ1) is 10.4. The number of benzene rings is 1. The van der Waals surface area contributed by atoms with Crippen molar-refractivity contribution in [1.82, 2.24) is 4.98 Å². The molecule has 4 rings (SSSR count). The average molecular weight is 280 g/mol. The number of nitrogens with zero attached hydrogens (tertiary/aromatic N) is 2. The van der Waals surface area contributed by atoms with Crippen molar-refractivity contribution in [2.24, 2.45) is 0 Å². The number of fused-ring (bicyclic) bond motifs is 1. The van der Waals surface area contributed by atoms with Gasteiger partial charge in [-0.3, -0.25) is 0 Å². The van der Waals surface area contributed by atoms with Gasteiger partial charge in [0, 0.05) is 12.2 Å². The van der Waals surface area contributed by atoms with Crippen LogP contribution in [0.3, 0.4) is 0 Å². The maximum atomic E-state index is 5.51. The lowest BCUT2D eigenvalue weighted by Crippen LogP contribution is -2.28. The van der Waals surface area contributed by atoms with Gasteiger partial charge in [0.25, 0.3) is 5.89 Å². The van der Waals surface area contributed by atoms with E-state index in [-0.39, 0.29) is 0 Å². The van der Waals surface area contributed by atoms with Crippen molar-refractivity contribution in [3.63, 3.8) is 0 Å². The molecular weight excluding hydrogens is 264 g/mol. The minimum atomic E-state index is 0.542. The summed E-state index contributed by atoms with van der Waals surface area (Å²) in [7, 11) is 0. The van der Waals surface area contributed by atoms with Crippen molar-refractivity contribution < 1.29 is 8.83 Å². The molecule has 1 aromatic carbocycles. The van der Waals surface area contributed by atoms with Gasteiger partial charge < -0.3 is 13.7 Å². The van der Waals surface area contributed by atoms with Crippen LogP contribution in [-0.4, -0.2) is 11.5 Å². The third-order valence-corrected chi connectivity index (χ3v) is 3.84. The van der Waals surface area contributed by atoms with E-state index in [1.165, 1.54) is 17.7 Å². The lowest BCUT2D eigenvalue weighted by molar-refractivity contribution is 0.516. The van der Waals surface area contributed by atoms with Crippen LogP contribution in [-0.2, 0) is 13.0 Å². The number of hydrogen-bond donors (Lipinski definition) is 0. The van der Waals surface area contributed by atoms with Gasteiger partial charge >= 0.3 is 0 Å². The summed E-state index contributed by atoms with van der Waals surface area (Å²) in [5, 5.41) is 0. The van der Waals surface area contributed by atoms with Gasteiger partial charge in [-0.2, -0.15) is 0 Å². The second-order valence-electron chi connectivity index (χ2n) is 5.28. The Balaban J connectivity index is 1.57. The van der Waals surface area contributed by atoms with Crippen LogP contribution in [0.4, 0.5) is 5.69 Å². The predicted octanol–water partition coefficient (Wildman–Crippen LogP) is 3.89. The first-order valence-electron chi connectivity index (χ1n) is 7.21. The fourth-order valence-electron chi connectivity index (χ4n) is 2.86. The molecule has 0 unspecified atom stereocenters. The highest BCUT2D eigenvalue weighted by Gasteiger charge is 2.18. The third-order valence-electron chi connectivity index (χ3n) is 3.84. The number of anilines is 1. The quantitative estimate of drug-likeness (QED) is 0.730. The summed E-state index contributed by atoms with van der Waals surface area (Å²) in [6.07, 6.45) is 5.68. The molecule has 0 aliphatic carbocycles. The molecule has 0 radical (unpaired) electrons. The molecule has 3 aromatic rings. The Morgan fingerprint density at radius 2 is 2.05 bits per heavy atom. The van der Waals surface area contributed by atoms with E-state index in [4.69, 9.17) is 8.83 Å². The first kappa shape index (κ1) is 12.3. The second kappa shape index (κ2) is 5.13. The number of hydrogen-bond acceptors (Lipinski definition) is 4. The highest BCUT2D eigenvalue weighted by molar-refractivity contribution is 5.55. The van der Waals surface area contributed by atoms with Gasteiger partial charge in [-0.25, -0.2) is 4.98 Å². The van der Waals surface area contributed by atoms with Crippen LogP contribution in [0.5, 0.6) is 0 Å². The van der Waals surface area contributed by atoms with Crippen LogP contribution in [0.15, 0.2) is 57.8 Å². The highest BCUT2D eigenvalue weighted by Crippen LogP contribution is 2.28. The van der Waals surface area contributed by atoms with Crippen LogP contribution < -0.4 is 4.90 Å². The Morgan fingerprint density at radius 3 is 2.95 bits per heavy atom. The van der Waals surface area contributed by atoms with Crippen LogP contribution in [0.25, 0.3) is 11.7 Å². The van der Waals surface area contributed by atoms with Crippen LogP contribution in [0.2, 0.25) is 0 Å². The first-order valence-corrected chi connectivity index (χ1v) is 7.21. The summed E-state index contributed by atoms with van der Waals surface area (Å²) >= 11 is 0. The molecule has 4 heteroatoms. The van der Waals surface area contributed by atoms with E-state index < -0.39 is 0 Å². The molecule has 106 valence electrons. The van der Waals surface area contributed by atoms with Crippen molar-refractivity contribution >= 4 is 5.69 Å². The minimum absolute atomic E-state index is 0.542. The summed E-state index contributed by atoms with van der Waals surface area (Å²) in [4.78, 5) is 6.88. The van der Waals surface area contributed by atoms with E-state index in [1.807, 2.05) is 12.1 Å². The second-order valence-corrected chi connectivity index (χ2v) is 5.28. The van der Waals surface area contributed by atoms with Gasteiger partial charge in [-0.1, -0.05) is 18.2 Å². The van der Waals surface area contributed by atoms with Crippen molar-refractivity contribution in [3.05, 3.63) is 60.2 Å². The number of aryl methyl sites for hydroxylation is 1. The molecule has 0 spiro atoms. The molecule has 21 heavy (non-hydrogen) atoms. The van der Waals surface area contributed by atoms with Gasteiger partial charge in [0.05, 0.1) is 18.5 Å². The van der Waals surface area contributed by atoms with Crippen molar-refractivity contribution in [3.8, 4) is 11.7 Å². The van der Waals surface area contributed by atoms with Gasteiger partial charge in [-0.15, -0.1) is 0 Å². The molecule has 0 fully saturated rings. The molecule has 0 bridgehead atoms. The van der Waals surface area contributed by atoms with Gasteiger partial charge in [-0.05, 0) is 36.6 Å². The zero-order valence-electron chi connectivity index (χ0n) is 11.7. The molecular formula is C17H16N2O2. The molecule has 4 nitrogen and oxygen atoms in total. The molecule has 1 aliphatic heterocycles. The van der Waals surface area contributed by atoms with E-state index in [2.05, 4.69) is 34.1 Å². The molecule has 0 N–H and O–H groups in total. The third kappa shape index (κ3) is 2.33. The Kier molecular flexibility index (Phi) is 2.99. The SMILES string of the molecule is c1coc(-c2nc(CN3CCCc4ccccc43)co2)c1. The molecule has 0 saturated heterocycles. The van der Waals surface area contributed by atoms with Crippen molar-refractivity contribution in [1.29, 1.82) is 0 Å². The fraction of sp³-hybridized carbons (Fsp3) is 0.235. The van der Waals surface area contributed by atoms with Crippen molar-refractivity contribution in [2.75, 3.05) is 11.4 Å².